The summed E-state index contributed by atoms with van der Waals surface area (Å²) in [6, 6.07) is 4.49. The molecule has 1 aromatic carbocycles. The average molecular weight is 247 g/mol. The highest BCUT2D eigenvalue weighted by atomic mass is 16.5. The summed E-state index contributed by atoms with van der Waals surface area (Å²) in [6.07, 6.45) is 5.18. The van der Waals surface area contributed by atoms with Gasteiger partial charge in [0.15, 0.2) is 0 Å². The van der Waals surface area contributed by atoms with Crippen molar-refractivity contribution in [3.8, 4) is 5.75 Å². The predicted molar refractivity (Wildman–Crippen MR) is 76.4 cm³/mol. The maximum absolute atomic E-state index is 5.55. The fourth-order valence-electron chi connectivity index (χ4n) is 3.05. The maximum atomic E-state index is 5.55. The summed E-state index contributed by atoms with van der Waals surface area (Å²) < 4.78 is 5.55. The minimum absolute atomic E-state index is 0.462. The Morgan fingerprint density at radius 1 is 1.22 bits per heavy atom. The van der Waals surface area contributed by atoms with Crippen LogP contribution in [0.2, 0.25) is 0 Å². The van der Waals surface area contributed by atoms with Crippen molar-refractivity contribution in [1.82, 2.24) is 5.32 Å². The highest BCUT2D eigenvalue weighted by Crippen LogP contribution is 2.44. The summed E-state index contributed by atoms with van der Waals surface area (Å²) in [5, 5.41) is 3.35. The van der Waals surface area contributed by atoms with Gasteiger partial charge >= 0.3 is 0 Å². The van der Waals surface area contributed by atoms with E-state index in [1.165, 1.54) is 36.0 Å². The van der Waals surface area contributed by atoms with Crippen molar-refractivity contribution in [1.29, 1.82) is 0 Å². The first kappa shape index (κ1) is 13.4. The molecule has 0 bridgehead atoms. The molecule has 1 saturated carbocycles. The van der Waals surface area contributed by atoms with Crippen molar-refractivity contribution in [3.05, 3.63) is 28.8 Å². The van der Waals surface area contributed by atoms with Gasteiger partial charge < -0.3 is 10.1 Å². The van der Waals surface area contributed by atoms with Crippen molar-refractivity contribution in [2.24, 2.45) is 5.41 Å². The molecule has 1 aliphatic rings. The normalized spacial score (nSPS) is 17.3. The zero-order valence-electron chi connectivity index (χ0n) is 12.1. The van der Waals surface area contributed by atoms with Gasteiger partial charge in [-0.05, 0) is 68.3 Å². The Bertz CT molecular complexity index is 421. The molecule has 0 aromatic heterocycles. The smallest absolute Gasteiger partial charge is 0.122 e. The van der Waals surface area contributed by atoms with E-state index in [-0.39, 0.29) is 0 Å². The molecule has 1 aliphatic carbocycles. The zero-order chi connectivity index (χ0) is 13.2. The lowest BCUT2D eigenvalue weighted by Gasteiger charge is -2.42. The van der Waals surface area contributed by atoms with Crippen molar-refractivity contribution < 1.29 is 4.74 Å². The van der Waals surface area contributed by atoms with Crippen LogP contribution in [0.25, 0.3) is 0 Å². The number of hydrogen-bond donors (Lipinski definition) is 1. The second-order valence-corrected chi connectivity index (χ2v) is 5.81. The molecule has 100 valence electrons. The lowest BCUT2D eigenvalue weighted by atomic mass is 9.65. The maximum Gasteiger partial charge on any atom is 0.122 e. The summed E-state index contributed by atoms with van der Waals surface area (Å²) in [7, 11) is 3.83. The Morgan fingerprint density at radius 3 is 2.39 bits per heavy atom. The van der Waals surface area contributed by atoms with Crippen molar-refractivity contribution in [3.63, 3.8) is 0 Å². The van der Waals surface area contributed by atoms with E-state index in [2.05, 4.69) is 38.3 Å². The van der Waals surface area contributed by atoms with E-state index in [0.717, 1.165) is 18.7 Å². The summed E-state index contributed by atoms with van der Waals surface area (Å²) in [6.45, 7) is 5.45. The number of rotatable bonds is 5. The first-order valence-corrected chi connectivity index (χ1v) is 6.89. The molecule has 0 radical (unpaired) electrons. The van der Waals surface area contributed by atoms with Crippen molar-refractivity contribution in [2.45, 2.75) is 39.5 Å². The third-order valence-corrected chi connectivity index (χ3v) is 4.43. The van der Waals surface area contributed by atoms with Gasteiger partial charge in [-0.3, -0.25) is 0 Å². The van der Waals surface area contributed by atoms with Crippen LogP contribution >= 0.6 is 0 Å². The highest BCUT2D eigenvalue weighted by Gasteiger charge is 2.36. The standard InChI is InChI=1S/C16H25NO/c1-12-8-14(15(18-4)9-13(12)2)10-16(11-17-3)6-5-7-16/h8-9,17H,5-7,10-11H2,1-4H3. The van der Waals surface area contributed by atoms with Gasteiger partial charge in [0.25, 0.3) is 0 Å². The van der Waals surface area contributed by atoms with E-state index in [9.17, 15) is 0 Å². The lowest BCUT2D eigenvalue weighted by molar-refractivity contribution is 0.132. The molecule has 2 nitrogen and oxygen atoms in total. The third-order valence-electron chi connectivity index (χ3n) is 4.43. The second kappa shape index (κ2) is 5.31. The van der Waals surface area contributed by atoms with Crippen molar-refractivity contribution in [2.75, 3.05) is 20.7 Å². The Hall–Kier alpha value is -1.02. The molecule has 0 aliphatic heterocycles. The topological polar surface area (TPSA) is 21.3 Å². The number of nitrogens with one attached hydrogen (secondary N) is 1. The molecule has 1 fully saturated rings. The van der Waals surface area contributed by atoms with Crippen LogP contribution in [0.4, 0.5) is 0 Å². The van der Waals surface area contributed by atoms with Crippen LogP contribution in [-0.2, 0) is 6.42 Å². The van der Waals surface area contributed by atoms with Crippen LogP contribution in [-0.4, -0.2) is 20.7 Å². The van der Waals surface area contributed by atoms with E-state index in [1.54, 1.807) is 7.11 Å². The largest absolute Gasteiger partial charge is 0.496 e. The van der Waals surface area contributed by atoms with E-state index >= 15 is 0 Å². The second-order valence-electron chi connectivity index (χ2n) is 5.81. The first-order valence-electron chi connectivity index (χ1n) is 6.89. The molecule has 2 rings (SSSR count). The molecule has 2 heteroatoms. The van der Waals surface area contributed by atoms with Crippen LogP contribution in [0, 0.1) is 19.3 Å². The van der Waals surface area contributed by atoms with Crippen LogP contribution < -0.4 is 10.1 Å². The third kappa shape index (κ3) is 2.54. The summed E-state index contributed by atoms with van der Waals surface area (Å²) >= 11 is 0. The number of hydrogen-bond acceptors (Lipinski definition) is 2. The van der Waals surface area contributed by atoms with Gasteiger partial charge in [-0.1, -0.05) is 12.5 Å². The minimum atomic E-state index is 0.462. The van der Waals surface area contributed by atoms with Gasteiger partial charge in [-0.25, -0.2) is 0 Å². The van der Waals surface area contributed by atoms with Crippen molar-refractivity contribution >= 4 is 0 Å². The number of benzene rings is 1. The molecular weight excluding hydrogens is 222 g/mol. The van der Waals surface area contributed by atoms with Crippen LogP contribution in [0.15, 0.2) is 12.1 Å². The molecular formula is C16H25NO. The Labute approximate surface area is 111 Å². The molecule has 0 saturated heterocycles. The fraction of sp³-hybridized carbons (Fsp3) is 0.625. The van der Waals surface area contributed by atoms with Gasteiger partial charge in [0, 0.05) is 6.54 Å². The van der Waals surface area contributed by atoms with Crippen LogP contribution in [0.5, 0.6) is 5.75 Å². The van der Waals surface area contributed by atoms with E-state index in [4.69, 9.17) is 4.74 Å². The average Bonchev–Trinajstić information content (AvgIpc) is 2.30. The molecule has 0 heterocycles. The van der Waals surface area contributed by atoms with Gasteiger partial charge in [0.05, 0.1) is 7.11 Å². The number of ether oxygens (including phenoxy) is 1. The predicted octanol–water partition coefficient (Wildman–Crippen LogP) is 3.24. The Balaban J connectivity index is 2.24. The monoisotopic (exact) mass is 247 g/mol. The molecule has 1 N–H and O–H groups in total. The van der Waals surface area contributed by atoms with E-state index < -0.39 is 0 Å². The highest BCUT2D eigenvalue weighted by molar-refractivity contribution is 5.42. The molecule has 18 heavy (non-hydrogen) atoms. The van der Waals surface area contributed by atoms with Crippen LogP contribution in [0.1, 0.15) is 36.0 Å². The van der Waals surface area contributed by atoms with E-state index in [1.807, 2.05) is 0 Å². The lowest BCUT2D eigenvalue weighted by Crippen LogP contribution is -2.40. The molecule has 1 aromatic rings. The minimum Gasteiger partial charge on any atom is -0.496 e. The first-order chi connectivity index (χ1) is 8.60. The van der Waals surface area contributed by atoms with E-state index in [0.29, 0.717) is 5.41 Å². The number of methoxy groups -OCH3 is 1. The van der Waals surface area contributed by atoms with Gasteiger partial charge in [-0.15, -0.1) is 0 Å². The summed E-state index contributed by atoms with van der Waals surface area (Å²) in [5.74, 6) is 1.06. The van der Waals surface area contributed by atoms with Crippen LogP contribution in [0.3, 0.4) is 0 Å². The molecule has 0 atom stereocenters. The summed E-state index contributed by atoms with van der Waals surface area (Å²) in [4.78, 5) is 0. The zero-order valence-corrected chi connectivity index (χ0v) is 12.1. The number of aryl methyl sites for hydroxylation is 2. The summed E-state index contributed by atoms with van der Waals surface area (Å²) in [5.41, 5.74) is 4.51. The van der Waals surface area contributed by atoms with Gasteiger partial charge in [0.1, 0.15) is 5.75 Å². The van der Waals surface area contributed by atoms with Gasteiger partial charge in [0.2, 0.25) is 0 Å². The molecule has 0 amide bonds. The Kier molecular flexibility index (Phi) is 3.96. The molecule has 0 spiro atoms. The van der Waals surface area contributed by atoms with Gasteiger partial charge in [-0.2, -0.15) is 0 Å². The molecule has 0 unspecified atom stereocenters. The fourth-order valence-corrected chi connectivity index (χ4v) is 3.05. The quantitative estimate of drug-likeness (QED) is 0.862. The SMILES string of the molecule is CNCC1(Cc2cc(C)c(C)cc2OC)CCC1. The Morgan fingerprint density at radius 2 is 1.89 bits per heavy atom.